The summed E-state index contributed by atoms with van der Waals surface area (Å²) >= 11 is 11.4. The second kappa shape index (κ2) is 4.09. The summed E-state index contributed by atoms with van der Waals surface area (Å²) in [4.78, 5) is 11.3. The zero-order valence-corrected chi connectivity index (χ0v) is 8.92. The monoisotopic (exact) mass is 236 g/mol. The van der Waals surface area contributed by atoms with Crippen molar-refractivity contribution < 1.29 is 14.3 Å². The summed E-state index contributed by atoms with van der Waals surface area (Å²) in [6.07, 6.45) is 1.93. The van der Waals surface area contributed by atoms with Gasteiger partial charge in [-0.2, -0.15) is 0 Å². The number of rotatable bonds is 3. The fourth-order valence-electron chi connectivity index (χ4n) is 1.77. The summed E-state index contributed by atoms with van der Waals surface area (Å²) in [6, 6.07) is 0. The van der Waals surface area contributed by atoms with Crippen LogP contribution >= 0.6 is 23.2 Å². The molecule has 3 rings (SSSR count). The van der Waals surface area contributed by atoms with Gasteiger partial charge in [0.2, 0.25) is 0 Å². The molecule has 0 aromatic carbocycles. The van der Waals surface area contributed by atoms with E-state index in [9.17, 15) is 4.79 Å². The molecule has 78 valence electrons. The van der Waals surface area contributed by atoms with Gasteiger partial charge in [0.05, 0.1) is 17.7 Å². The maximum Gasteiger partial charge on any atom is 0.316 e. The molecule has 3 atom stereocenters. The maximum atomic E-state index is 11.3. The average Bonchev–Trinajstić information content (AvgIpc) is 2.17. The van der Waals surface area contributed by atoms with Gasteiger partial charge >= 0.3 is 5.97 Å². The van der Waals surface area contributed by atoms with Crippen LogP contribution in [0.3, 0.4) is 0 Å². The lowest BCUT2D eigenvalue weighted by molar-refractivity contribution is -0.169. The lowest BCUT2D eigenvalue weighted by Crippen LogP contribution is -2.46. The highest BCUT2D eigenvalue weighted by Crippen LogP contribution is 2.36. The van der Waals surface area contributed by atoms with Crippen molar-refractivity contribution in [2.45, 2.75) is 18.6 Å². The van der Waals surface area contributed by atoms with E-state index in [1.807, 2.05) is 0 Å². The minimum atomic E-state index is -0.351. The first kappa shape index (κ1) is 10.3. The molecule has 0 N–H and O–H groups in total. The van der Waals surface area contributed by atoms with Crippen molar-refractivity contribution in [1.29, 1.82) is 0 Å². The van der Waals surface area contributed by atoms with E-state index in [4.69, 9.17) is 32.7 Å². The summed E-state index contributed by atoms with van der Waals surface area (Å²) < 4.78 is 10.5. The second-order valence-electron chi connectivity index (χ2n) is 3.34. The minimum Gasteiger partial charge on any atom is -0.456 e. The lowest BCUT2D eigenvalue weighted by Gasteiger charge is -2.37. The average molecular weight is 237 g/mol. The Balaban J connectivity index is 2.07. The summed E-state index contributed by atoms with van der Waals surface area (Å²) in [6.45, 7) is 0.453. The van der Waals surface area contributed by atoms with Crippen LogP contribution < -0.4 is 0 Å². The number of fused-ring (bicyclic) bond motifs is 2. The quantitative estimate of drug-likeness (QED) is 0.553. The van der Waals surface area contributed by atoms with E-state index in [0.29, 0.717) is 23.9 Å². The van der Waals surface area contributed by atoms with Crippen molar-refractivity contribution in [3.8, 4) is 0 Å². The Morgan fingerprint density at radius 1 is 1.64 bits per heavy atom. The summed E-state index contributed by atoms with van der Waals surface area (Å²) in [7, 11) is 0. The topological polar surface area (TPSA) is 35.5 Å². The molecule has 2 heterocycles. The van der Waals surface area contributed by atoms with Gasteiger partial charge in [-0.15, -0.1) is 11.6 Å². The molecule has 0 amide bonds. The van der Waals surface area contributed by atoms with Gasteiger partial charge < -0.3 is 9.47 Å². The Morgan fingerprint density at radius 2 is 2.43 bits per heavy atom. The van der Waals surface area contributed by atoms with Gasteiger partial charge in [-0.05, 0) is 6.08 Å². The van der Waals surface area contributed by atoms with E-state index < -0.39 is 0 Å². The Morgan fingerprint density at radius 3 is 3.07 bits per heavy atom. The van der Waals surface area contributed by atoms with Crippen molar-refractivity contribution in [2.75, 3.05) is 12.5 Å². The molecule has 1 fully saturated rings. The molecule has 0 saturated carbocycles. The number of esters is 1. The Bertz CT molecular complexity index is 277. The Hall–Kier alpha value is -0.250. The molecule has 3 nitrogen and oxygen atoms in total. The van der Waals surface area contributed by atoms with Gasteiger partial charge in [0.15, 0.2) is 0 Å². The third-order valence-corrected chi connectivity index (χ3v) is 2.96. The Kier molecular flexibility index (Phi) is 3.00. The maximum absolute atomic E-state index is 11.3. The minimum absolute atomic E-state index is 0.123. The highest BCUT2D eigenvalue weighted by molar-refractivity contribution is 6.30. The molecular formula is C9H10Cl2O3. The molecule has 14 heavy (non-hydrogen) atoms. The van der Waals surface area contributed by atoms with E-state index in [0.717, 1.165) is 0 Å². The van der Waals surface area contributed by atoms with Crippen molar-refractivity contribution in [2.24, 2.45) is 5.92 Å². The normalized spacial score (nSPS) is 35.4. The van der Waals surface area contributed by atoms with Crippen molar-refractivity contribution in [3.63, 3.8) is 0 Å². The molecule has 0 radical (unpaired) electrons. The Labute approximate surface area is 92.0 Å². The van der Waals surface area contributed by atoms with Gasteiger partial charge in [-0.25, -0.2) is 0 Å². The van der Waals surface area contributed by atoms with Crippen LogP contribution in [-0.4, -0.2) is 30.7 Å². The van der Waals surface area contributed by atoms with Crippen LogP contribution in [-0.2, 0) is 14.3 Å². The highest BCUT2D eigenvalue weighted by Gasteiger charge is 2.43. The smallest absolute Gasteiger partial charge is 0.316 e. The molecule has 2 aliphatic heterocycles. The largest absolute Gasteiger partial charge is 0.456 e. The standard InChI is InChI=1S/C9H10Cl2O3/c10-1-2-13-7-4-8-6(11)3-5(7)9(12)14-8/h3,5,7-8H,1-2,4H2/t5-,7+,8-/m0/s1. The van der Waals surface area contributed by atoms with Crippen LogP contribution in [0.15, 0.2) is 11.1 Å². The second-order valence-corrected chi connectivity index (χ2v) is 4.15. The van der Waals surface area contributed by atoms with Crippen LogP contribution in [0.5, 0.6) is 0 Å². The van der Waals surface area contributed by atoms with E-state index >= 15 is 0 Å². The molecule has 3 aliphatic rings. The van der Waals surface area contributed by atoms with Crippen molar-refractivity contribution in [1.82, 2.24) is 0 Å². The van der Waals surface area contributed by atoms with E-state index in [2.05, 4.69) is 0 Å². The first-order valence-electron chi connectivity index (χ1n) is 4.47. The van der Waals surface area contributed by atoms with E-state index in [1.54, 1.807) is 6.08 Å². The number of hydrogen-bond donors (Lipinski definition) is 0. The van der Waals surface area contributed by atoms with Crippen LogP contribution in [0.4, 0.5) is 0 Å². The summed E-state index contributed by atoms with van der Waals surface area (Å²) in [5.74, 6) is -0.165. The van der Waals surface area contributed by atoms with Crippen LogP contribution in [0.2, 0.25) is 0 Å². The van der Waals surface area contributed by atoms with Crippen molar-refractivity contribution >= 4 is 29.2 Å². The number of alkyl halides is 1. The van der Waals surface area contributed by atoms with Crippen LogP contribution in [0.25, 0.3) is 0 Å². The first-order valence-corrected chi connectivity index (χ1v) is 5.39. The zero-order chi connectivity index (χ0) is 10.1. The van der Waals surface area contributed by atoms with Gasteiger partial charge in [0.25, 0.3) is 0 Å². The molecule has 0 aromatic rings. The van der Waals surface area contributed by atoms with Crippen LogP contribution in [0, 0.1) is 5.92 Å². The number of halogens is 2. The SMILES string of the molecule is O=C1O[C@H]2C[C@@H](OCCCl)[C@@H]1C=C2Cl. The van der Waals surface area contributed by atoms with E-state index in [-0.39, 0.29) is 24.1 Å². The number of ether oxygens (including phenoxy) is 2. The summed E-state index contributed by atoms with van der Waals surface area (Å²) in [5, 5.41) is 0.611. The van der Waals surface area contributed by atoms with Gasteiger partial charge in [0.1, 0.15) is 12.0 Å². The molecule has 0 spiro atoms. The number of carbonyl (C=O) groups excluding carboxylic acids is 1. The van der Waals surface area contributed by atoms with Gasteiger partial charge in [-0.3, -0.25) is 4.79 Å². The molecular weight excluding hydrogens is 227 g/mol. The molecule has 0 aromatic heterocycles. The molecule has 5 heteroatoms. The molecule has 1 aliphatic carbocycles. The molecule has 1 saturated heterocycles. The van der Waals surface area contributed by atoms with Gasteiger partial charge in [0, 0.05) is 12.3 Å². The number of hydrogen-bond acceptors (Lipinski definition) is 3. The number of carbonyl (C=O) groups is 1. The predicted molar refractivity (Wildman–Crippen MR) is 52.4 cm³/mol. The first-order chi connectivity index (χ1) is 6.72. The highest BCUT2D eigenvalue weighted by atomic mass is 35.5. The van der Waals surface area contributed by atoms with Crippen molar-refractivity contribution in [3.05, 3.63) is 11.1 Å². The predicted octanol–water partition coefficient (Wildman–Crippen LogP) is 1.68. The zero-order valence-electron chi connectivity index (χ0n) is 7.41. The third kappa shape index (κ3) is 1.76. The van der Waals surface area contributed by atoms with Gasteiger partial charge in [-0.1, -0.05) is 11.6 Å². The van der Waals surface area contributed by atoms with E-state index in [1.165, 1.54) is 0 Å². The fourth-order valence-corrected chi connectivity index (χ4v) is 2.13. The molecule has 0 unspecified atom stereocenters. The van der Waals surface area contributed by atoms with Crippen LogP contribution in [0.1, 0.15) is 6.42 Å². The molecule has 2 bridgehead atoms. The third-order valence-electron chi connectivity index (χ3n) is 2.43. The fraction of sp³-hybridized carbons (Fsp3) is 0.667. The lowest BCUT2D eigenvalue weighted by atomic mass is 9.87. The summed E-state index contributed by atoms with van der Waals surface area (Å²) in [5.41, 5.74) is 0.